The number of aromatic nitrogens is 1. The summed E-state index contributed by atoms with van der Waals surface area (Å²) >= 11 is 7.52. The van der Waals surface area contributed by atoms with E-state index < -0.39 is 0 Å². The standard InChI is InChI=1S/C18H18ClN3OS/c1-12(2)17-16(9-15(19)18(22-17)23-3)24-14(10-20)11-21-13-7-5-4-6-8-13/h4-9,11-12,21H,1-3H3/b14-11+. The molecule has 2 aromatic rings. The van der Waals surface area contributed by atoms with E-state index in [2.05, 4.69) is 16.4 Å². The molecule has 0 amide bonds. The monoisotopic (exact) mass is 359 g/mol. The van der Waals surface area contributed by atoms with Crippen molar-refractivity contribution in [1.82, 2.24) is 4.98 Å². The molecule has 124 valence electrons. The molecule has 6 heteroatoms. The molecule has 2 rings (SSSR count). The number of nitrogens with zero attached hydrogens (tertiary/aromatic N) is 2. The van der Waals surface area contributed by atoms with Crippen molar-refractivity contribution >= 4 is 29.1 Å². The topological polar surface area (TPSA) is 57.9 Å². The van der Waals surface area contributed by atoms with Gasteiger partial charge in [0.1, 0.15) is 16.0 Å². The van der Waals surface area contributed by atoms with Gasteiger partial charge >= 0.3 is 0 Å². The third-order valence-electron chi connectivity index (χ3n) is 3.15. The number of allylic oxidation sites excluding steroid dienone is 1. The molecule has 0 atom stereocenters. The molecule has 0 radical (unpaired) electrons. The van der Waals surface area contributed by atoms with Gasteiger partial charge in [-0.3, -0.25) is 0 Å². The molecule has 1 N–H and O–H groups in total. The summed E-state index contributed by atoms with van der Waals surface area (Å²) in [5.41, 5.74) is 1.77. The molecule has 1 heterocycles. The Bertz CT molecular complexity index is 770. The van der Waals surface area contributed by atoms with Crippen molar-refractivity contribution in [3.63, 3.8) is 0 Å². The summed E-state index contributed by atoms with van der Waals surface area (Å²) in [6.45, 7) is 4.08. The first-order valence-electron chi connectivity index (χ1n) is 7.39. The van der Waals surface area contributed by atoms with Gasteiger partial charge in [-0.25, -0.2) is 4.98 Å². The van der Waals surface area contributed by atoms with Gasteiger partial charge in [-0.15, -0.1) is 0 Å². The van der Waals surface area contributed by atoms with Gasteiger partial charge in [0.15, 0.2) is 0 Å². The number of anilines is 1. The largest absolute Gasteiger partial charge is 0.480 e. The van der Waals surface area contributed by atoms with Crippen molar-refractivity contribution in [2.24, 2.45) is 0 Å². The third kappa shape index (κ3) is 4.67. The van der Waals surface area contributed by atoms with E-state index in [0.717, 1.165) is 16.3 Å². The van der Waals surface area contributed by atoms with Gasteiger partial charge in [0.2, 0.25) is 5.88 Å². The number of hydrogen-bond donors (Lipinski definition) is 1. The van der Waals surface area contributed by atoms with Crippen LogP contribution in [0.3, 0.4) is 0 Å². The number of nitrogens with one attached hydrogen (secondary N) is 1. The van der Waals surface area contributed by atoms with Crippen LogP contribution in [-0.2, 0) is 0 Å². The molecule has 0 aliphatic carbocycles. The van der Waals surface area contributed by atoms with Crippen molar-refractivity contribution in [3.05, 3.63) is 58.2 Å². The minimum absolute atomic E-state index is 0.181. The zero-order valence-electron chi connectivity index (χ0n) is 13.7. The minimum Gasteiger partial charge on any atom is -0.480 e. The number of ether oxygens (including phenoxy) is 1. The maximum atomic E-state index is 9.41. The Hall–Kier alpha value is -2.16. The van der Waals surface area contributed by atoms with Gasteiger partial charge in [0, 0.05) is 16.8 Å². The van der Waals surface area contributed by atoms with E-state index >= 15 is 0 Å². The van der Waals surface area contributed by atoms with Crippen LogP contribution in [0.4, 0.5) is 5.69 Å². The average Bonchev–Trinajstić information content (AvgIpc) is 2.59. The molecular formula is C18H18ClN3OS. The lowest BCUT2D eigenvalue weighted by atomic mass is 10.1. The van der Waals surface area contributed by atoms with Crippen molar-refractivity contribution in [2.45, 2.75) is 24.7 Å². The second kappa shape index (κ2) is 8.62. The summed E-state index contributed by atoms with van der Waals surface area (Å²) in [7, 11) is 1.54. The fourth-order valence-corrected chi connectivity index (χ4v) is 3.25. The second-order valence-electron chi connectivity index (χ2n) is 5.25. The van der Waals surface area contributed by atoms with E-state index in [1.807, 2.05) is 44.2 Å². The predicted molar refractivity (Wildman–Crippen MR) is 99.5 cm³/mol. The lowest BCUT2D eigenvalue weighted by molar-refractivity contribution is 0.395. The van der Waals surface area contributed by atoms with Gasteiger partial charge in [0.25, 0.3) is 0 Å². The number of methoxy groups -OCH3 is 1. The number of benzene rings is 1. The number of pyridine rings is 1. The minimum atomic E-state index is 0.181. The van der Waals surface area contributed by atoms with Crippen LogP contribution in [0.25, 0.3) is 0 Å². The number of rotatable bonds is 6. The molecule has 1 aromatic heterocycles. The summed E-state index contributed by atoms with van der Waals surface area (Å²) < 4.78 is 5.18. The highest BCUT2D eigenvalue weighted by Crippen LogP contribution is 2.37. The molecule has 0 spiro atoms. The fraction of sp³-hybridized carbons (Fsp3) is 0.222. The normalized spacial score (nSPS) is 11.2. The maximum Gasteiger partial charge on any atom is 0.232 e. The maximum absolute atomic E-state index is 9.41. The SMILES string of the molecule is COc1nc(C(C)C)c(S/C(C#N)=C/Nc2ccccc2)cc1Cl. The lowest BCUT2D eigenvalue weighted by Gasteiger charge is -2.13. The van der Waals surface area contributed by atoms with Crippen molar-refractivity contribution < 1.29 is 4.74 Å². The highest BCUT2D eigenvalue weighted by Gasteiger charge is 2.16. The lowest BCUT2D eigenvalue weighted by Crippen LogP contribution is -2.00. The Balaban J connectivity index is 2.27. The van der Waals surface area contributed by atoms with E-state index in [1.54, 1.807) is 12.3 Å². The predicted octanol–water partition coefficient (Wildman–Crippen LogP) is 5.44. The number of para-hydroxylation sites is 1. The van der Waals surface area contributed by atoms with Crippen LogP contribution in [0.2, 0.25) is 5.02 Å². The Morgan fingerprint density at radius 1 is 1.38 bits per heavy atom. The molecule has 0 fully saturated rings. The Morgan fingerprint density at radius 3 is 2.67 bits per heavy atom. The molecule has 0 aliphatic heterocycles. The smallest absolute Gasteiger partial charge is 0.232 e. The summed E-state index contributed by atoms with van der Waals surface area (Å²) in [6.07, 6.45) is 1.68. The molecule has 0 bridgehead atoms. The Morgan fingerprint density at radius 2 is 2.08 bits per heavy atom. The summed E-state index contributed by atoms with van der Waals surface area (Å²) in [4.78, 5) is 5.83. The van der Waals surface area contributed by atoms with E-state index in [4.69, 9.17) is 16.3 Å². The Kier molecular flexibility index (Phi) is 6.53. The number of nitriles is 1. The molecule has 1 aromatic carbocycles. The van der Waals surface area contributed by atoms with Crippen molar-refractivity contribution in [3.8, 4) is 11.9 Å². The third-order valence-corrected chi connectivity index (χ3v) is 4.40. The van der Waals surface area contributed by atoms with E-state index in [-0.39, 0.29) is 5.92 Å². The van der Waals surface area contributed by atoms with Gasteiger partial charge in [-0.1, -0.05) is 55.4 Å². The zero-order chi connectivity index (χ0) is 17.5. The molecule has 0 saturated heterocycles. The number of hydrogen-bond acceptors (Lipinski definition) is 5. The van der Waals surface area contributed by atoms with Crippen LogP contribution in [0.1, 0.15) is 25.5 Å². The molecule has 4 nitrogen and oxygen atoms in total. The molecular weight excluding hydrogens is 342 g/mol. The zero-order valence-corrected chi connectivity index (χ0v) is 15.3. The van der Waals surface area contributed by atoms with Crippen molar-refractivity contribution in [1.29, 1.82) is 5.26 Å². The quantitative estimate of drug-likeness (QED) is 0.550. The van der Waals surface area contributed by atoms with E-state index in [9.17, 15) is 5.26 Å². The number of thioether (sulfide) groups is 1. The average molecular weight is 360 g/mol. The molecule has 0 unspecified atom stereocenters. The summed E-state index contributed by atoms with van der Waals surface area (Å²) in [5, 5.41) is 13.0. The van der Waals surface area contributed by atoms with Crippen LogP contribution < -0.4 is 10.1 Å². The van der Waals surface area contributed by atoms with Gasteiger partial charge in [0.05, 0.1) is 12.8 Å². The first-order valence-corrected chi connectivity index (χ1v) is 8.58. The second-order valence-corrected chi connectivity index (χ2v) is 6.74. The molecule has 24 heavy (non-hydrogen) atoms. The van der Waals surface area contributed by atoms with Gasteiger partial charge in [-0.2, -0.15) is 5.26 Å². The van der Waals surface area contributed by atoms with Crippen LogP contribution in [0, 0.1) is 11.3 Å². The number of halogens is 1. The molecule has 0 aliphatic rings. The molecule has 0 saturated carbocycles. The van der Waals surface area contributed by atoms with Crippen molar-refractivity contribution in [2.75, 3.05) is 12.4 Å². The summed E-state index contributed by atoms with van der Waals surface area (Å²) in [6, 6.07) is 13.7. The van der Waals surface area contributed by atoms with Crippen LogP contribution in [0.5, 0.6) is 5.88 Å². The van der Waals surface area contributed by atoms with Crippen LogP contribution in [0.15, 0.2) is 52.4 Å². The van der Waals surface area contributed by atoms with Gasteiger partial charge in [-0.05, 0) is 24.1 Å². The highest BCUT2D eigenvalue weighted by molar-refractivity contribution is 8.03. The first-order chi connectivity index (χ1) is 11.5. The fourth-order valence-electron chi connectivity index (χ4n) is 1.99. The Labute approximate surface area is 151 Å². The van der Waals surface area contributed by atoms with Crippen LogP contribution in [-0.4, -0.2) is 12.1 Å². The first kappa shape index (κ1) is 18.2. The van der Waals surface area contributed by atoms with E-state index in [0.29, 0.717) is 15.8 Å². The summed E-state index contributed by atoms with van der Waals surface area (Å²) in [5.74, 6) is 0.579. The van der Waals surface area contributed by atoms with E-state index in [1.165, 1.54) is 18.9 Å². The van der Waals surface area contributed by atoms with Gasteiger partial charge < -0.3 is 10.1 Å². The van der Waals surface area contributed by atoms with Crippen LogP contribution >= 0.6 is 23.4 Å². The highest BCUT2D eigenvalue weighted by atomic mass is 35.5.